The van der Waals surface area contributed by atoms with Gasteiger partial charge in [0, 0.05) is 39.0 Å². The molecule has 34 heavy (non-hydrogen) atoms. The second kappa shape index (κ2) is 8.99. The molecule has 6 heteroatoms. The fourth-order valence-electron chi connectivity index (χ4n) is 5.32. The largest absolute Gasteiger partial charge is 0.449 e. The summed E-state index contributed by atoms with van der Waals surface area (Å²) in [7, 11) is 0. The first-order valence-electron chi connectivity index (χ1n) is 12.1. The monoisotopic (exact) mass is 474 g/mol. The molecule has 6 rings (SSSR count). The summed E-state index contributed by atoms with van der Waals surface area (Å²) in [6.07, 6.45) is 8.93. The number of esters is 1. The minimum absolute atomic E-state index is 0.250. The Morgan fingerprint density at radius 1 is 0.912 bits per heavy atom. The molecule has 0 spiro atoms. The van der Waals surface area contributed by atoms with Crippen molar-refractivity contribution in [2.24, 2.45) is 0 Å². The van der Waals surface area contributed by atoms with Gasteiger partial charge in [-0.3, -0.25) is 0 Å². The van der Waals surface area contributed by atoms with Crippen LogP contribution in [0.25, 0.3) is 21.9 Å². The molecule has 0 bridgehead atoms. The Bertz CT molecular complexity index is 1440. The van der Waals surface area contributed by atoms with Crippen molar-refractivity contribution < 1.29 is 18.4 Å². The highest BCUT2D eigenvalue weighted by atomic mass is 32.2. The van der Waals surface area contributed by atoms with Crippen LogP contribution in [-0.4, -0.2) is 11.2 Å². The minimum Gasteiger partial charge on any atom is -0.449 e. The zero-order chi connectivity index (χ0) is 23.1. The lowest BCUT2D eigenvalue weighted by Crippen LogP contribution is -2.12. The maximum Gasteiger partial charge on any atom is 0.379 e. The number of carbonyl (C=O) groups excluding carboxylic acids is 1. The van der Waals surface area contributed by atoms with Gasteiger partial charge in [0.2, 0.25) is 5.76 Å². The zero-order valence-corrected chi connectivity index (χ0v) is 19.7. The number of carbonyl (C=O) groups is 1. The van der Waals surface area contributed by atoms with Crippen LogP contribution in [0.2, 0.25) is 0 Å². The van der Waals surface area contributed by atoms with Crippen LogP contribution in [0, 0.1) is 0 Å². The molecule has 2 aromatic carbocycles. The number of furan rings is 1. The third-order valence-electron chi connectivity index (χ3n) is 7.05. The van der Waals surface area contributed by atoms with Crippen molar-refractivity contribution in [1.82, 2.24) is 0 Å². The van der Waals surface area contributed by atoms with Crippen LogP contribution in [0.3, 0.4) is 0 Å². The number of hydrogen-bond donors (Lipinski definition) is 0. The normalized spacial score (nSPS) is 16.2. The maximum absolute atomic E-state index is 13.2. The molecule has 2 heterocycles. The van der Waals surface area contributed by atoms with Crippen molar-refractivity contribution in [2.45, 2.75) is 62.4 Å². The van der Waals surface area contributed by atoms with Gasteiger partial charge >= 0.3 is 11.6 Å². The number of aryl methyl sites for hydroxylation is 1. The van der Waals surface area contributed by atoms with Crippen LogP contribution < -0.4 is 10.4 Å². The number of benzene rings is 2. The molecule has 0 radical (unpaired) electrons. The summed E-state index contributed by atoms with van der Waals surface area (Å²) in [5.74, 6) is 0.772. The highest BCUT2D eigenvalue weighted by Crippen LogP contribution is 2.36. The molecule has 0 amide bonds. The Kier molecular flexibility index (Phi) is 5.69. The van der Waals surface area contributed by atoms with E-state index < -0.39 is 5.97 Å². The topological polar surface area (TPSA) is 69.7 Å². The van der Waals surface area contributed by atoms with Crippen LogP contribution in [0.1, 0.15) is 65.8 Å². The van der Waals surface area contributed by atoms with Crippen molar-refractivity contribution in [1.29, 1.82) is 0 Å². The second-order valence-corrected chi connectivity index (χ2v) is 10.5. The van der Waals surface area contributed by atoms with Gasteiger partial charge < -0.3 is 13.6 Å². The Morgan fingerprint density at radius 2 is 1.74 bits per heavy atom. The molecule has 0 atom stereocenters. The van der Waals surface area contributed by atoms with Gasteiger partial charge in [0.25, 0.3) is 0 Å². The summed E-state index contributed by atoms with van der Waals surface area (Å²) in [6.45, 7) is 0. The van der Waals surface area contributed by atoms with Crippen molar-refractivity contribution in [3.8, 4) is 5.75 Å². The molecule has 2 aromatic heterocycles. The van der Waals surface area contributed by atoms with E-state index in [1.165, 1.54) is 32.1 Å². The van der Waals surface area contributed by atoms with Crippen molar-refractivity contribution >= 4 is 39.7 Å². The fourth-order valence-corrected chi connectivity index (χ4v) is 6.68. The average Bonchev–Trinajstić information content (AvgIpc) is 3.49. The Balaban J connectivity index is 1.29. The van der Waals surface area contributed by atoms with Crippen LogP contribution in [-0.2, 0) is 18.6 Å². The first-order valence-corrected chi connectivity index (χ1v) is 13.1. The van der Waals surface area contributed by atoms with Crippen molar-refractivity contribution in [3.05, 3.63) is 75.3 Å². The number of hydrogen-bond acceptors (Lipinski definition) is 6. The van der Waals surface area contributed by atoms with Gasteiger partial charge in [0.05, 0.1) is 0 Å². The average molecular weight is 475 g/mol. The smallest absolute Gasteiger partial charge is 0.379 e. The molecular weight excluding hydrogens is 448 g/mol. The van der Waals surface area contributed by atoms with E-state index in [1.807, 2.05) is 42.1 Å². The fraction of sp³-hybridized carbons (Fsp3) is 0.357. The molecule has 1 saturated carbocycles. The highest BCUT2D eigenvalue weighted by Gasteiger charge is 2.25. The molecule has 0 unspecified atom stereocenters. The Morgan fingerprint density at radius 3 is 2.62 bits per heavy atom. The first-order chi connectivity index (χ1) is 16.7. The number of fused-ring (bicyclic) bond motifs is 4. The summed E-state index contributed by atoms with van der Waals surface area (Å²) in [5, 5.41) is 2.49. The standard InChI is InChI=1S/C28H26O5S/c29-27-22-11-6-10-19(22)21-14-13-17(15-25(21)33-27)31-28(30)26-23(16-34-18-7-2-1-3-8-18)20-9-4-5-12-24(20)32-26/h4-5,9,12-15,18H,1-3,6-8,10-11,16H2. The lowest BCUT2D eigenvalue weighted by Gasteiger charge is -2.20. The van der Waals surface area contributed by atoms with E-state index in [2.05, 4.69) is 0 Å². The van der Waals surface area contributed by atoms with E-state index in [0.29, 0.717) is 27.9 Å². The number of thioether (sulfide) groups is 1. The van der Waals surface area contributed by atoms with Crippen molar-refractivity contribution in [2.75, 3.05) is 0 Å². The van der Waals surface area contributed by atoms with Crippen molar-refractivity contribution in [3.63, 3.8) is 0 Å². The molecular formula is C28H26O5S. The molecule has 1 fully saturated rings. The molecule has 4 aromatic rings. The Hall–Kier alpha value is -2.99. The third kappa shape index (κ3) is 3.94. The number of ether oxygens (including phenoxy) is 1. The summed E-state index contributed by atoms with van der Waals surface area (Å²) >= 11 is 1.91. The molecule has 0 aliphatic heterocycles. The van der Waals surface area contributed by atoms with Gasteiger partial charge in [-0.1, -0.05) is 37.5 Å². The van der Waals surface area contributed by atoms with Crippen LogP contribution in [0.4, 0.5) is 0 Å². The van der Waals surface area contributed by atoms with E-state index in [0.717, 1.165) is 46.7 Å². The second-order valence-electron chi connectivity index (χ2n) is 9.22. The van der Waals surface area contributed by atoms with Gasteiger partial charge in [0.15, 0.2) is 0 Å². The first kappa shape index (κ1) is 21.5. The zero-order valence-electron chi connectivity index (χ0n) is 18.9. The highest BCUT2D eigenvalue weighted by molar-refractivity contribution is 7.99. The van der Waals surface area contributed by atoms with Gasteiger partial charge in [-0.25, -0.2) is 9.59 Å². The predicted molar refractivity (Wildman–Crippen MR) is 134 cm³/mol. The molecule has 0 N–H and O–H groups in total. The predicted octanol–water partition coefficient (Wildman–Crippen LogP) is 6.81. The van der Waals surface area contributed by atoms with E-state index in [4.69, 9.17) is 13.6 Å². The summed E-state index contributed by atoms with van der Waals surface area (Å²) in [6, 6.07) is 13.0. The number of rotatable bonds is 5. The van der Waals surface area contributed by atoms with E-state index in [9.17, 15) is 9.59 Å². The Labute approximate surface area is 201 Å². The molecule has 2 aliphatic rings. The SMILES string of the molecule is O=C(Oc1ccc2c3c(c(=O)oc2c1)CCC3)c1oc2ccccc2c1CSC1CCCCC1. The summed E-state index contributed by atoms with van der Waals surface area (Å²) < 4.78 is 17.2. The van der Waals surface area contributed by atoms with Gasteiger partial charge in [-0.2, -0.15) is 11.8 Å². The van der Waals surface area contributed by atoms with Crippen LogP contribution in [0.15, 0.2) is 56.1 Å². The summed E-state index contributed by atoms with van der Waals surface area (Å²) in [4.78, 5) is 25.6. The lowest BCUT2D eigenvalue weighted by molar-refractivity contribution is 0.0703. The molecule has 2 aliphatic carbocycles. The van der Waals surface area contributed by atoms with Gasteiger partial charge in [-0.15, -0.1) is 0 Å². The molecule has 174 valence electrons. The quantitative estimate of drug-likeness (QED) is 0.180. The molecule has 5 nitrogen and oxygen atoms in total. The van der Waals surface area contributed by atoms with E-state index in [-0.39, 0.29) is 11.4 Å². The third-order valence-corrected chi connectivity index (χ3v) is 8.45. The van der Waals surface area contributed by atoms with Crippen LogP contribution in [0.5, 0.6) is 5.75 Å². The van der Waals surface area contributed by atoms with Crippen LogP contribution >= 0.6 is 11.8 Å². The van der Waals surface area contributed by atoms with E-state index >= 15 is 0 Å². The van der Waals surface area contributed by atoms with Gasteiger partial charge in [-0.05, 0) is 55.9 Å². The minimum atomic E-state index is -0.529. The molecule has 0 saturated heterocycles. The summed E-state index contributed by atoms with van der Waals surface area (Å²) in [5.41, 5.74) is 3.58. The number of para-hydroxylation sites is 1. The lowest BCUT2D eigenvalue weighted by atomic mass is 10.0. The van der Waals surface area contributed by atoms with E-state index in [1.54, 1.807) is 12.1 Å². The van der Waals surface area contributed by atoms with Gasteiger partial charge in [0.1, 0.15) is 16.9 Å². The maximum atomic E-state index is 13.2.